The van der Waals surface area contributed by atoms with Crippen LogP contribution in [0.2, 0.25) is 10.0 Å². The van der Waals surface area contributed by atoms with Crippen LogP contribution in [-0.2, 0) is 11.4 Å². The summed E-state index contributed by atoms with van der Waals surface area (Å²) >= 11 is 11.9. The lowest BCUT2D eigenvalue weighted by Gasteiger charge is -2.07. The van der Waals surface area contributed by atoms with Crippen LogP contribution in [0.5, 0.6) is 0 Å². The van der Waals surface area contributed by atoms with Crippen molar-refractivity contribution in [2.24, 2.45) is 5.16 Å². The zero-order valence-corrected chi connectivity index (χ0v) is 11.8. The fourth-order valence-corrected chi connectivity index (χ4v) is 1.90. The minimum atomic E-state index is 0.490. The molecule has 2 rings (SSSR count). The Balaban J connectivity index is 2.15. The summed E-state index contributed by atoms with van der Waals surface area (Å²) in [5.41, 5.74) is 1.65. The Hall–Kier alpha value is -1.59. The van der Waals surface area contributed by atoms with Crippen molar-refractivity contribution in [1.29, 1.82) is 0 Å². The minimum Gasteiger partial charge on any atom is -0.399 e. The summed E-state index contributed by atoms with van der Waals surface area (Å²) in [5.74, 6) is 0. The van der Waals surface area contributed by atoms with Gasteiger partial charge in [-0.25, -0.2) is 4.98 Å². The van der Waals surface area contributed by atoms with Crippen LogP contribution in [0.25, 0.3) is 0 Å². The highest BCUT2D eigenvalue weighted by Gasteiger charge is 2.08. The van der Waals surface area contributed by atoms with Gasteiger partial charge in [-0.05, 0) is 12.1 Å². The Morgan fingerprint density at radius 3 is 2.84 bits per heavy atom. The van der Waals surface area contributed by atoms with Gasteiger partial charge in [0.25, 0.3) is 0 Å². The number of oxime groups is 1. The van der Waals surface area contributed by atoms with Gasteiger partial charge in [0.15, 0.2) is 0 Å². The maximum Gasteiger partial charge on any atom is 0.137 e. The monoisotopic (exact) mass is 298 g/mol. The summed E-state index contributed by atoms with van der Waals surface area (Å²) in [6, 6.07) is 5.36. The number of halogens is 2. The van der Waals surface area contributed by atoms with Crippen molar-refractivity contribution in [3.8, 4) is 0 Å². The molecule has 0 unspecified atom stereocenters. The number of hydrogen-bond acceptors (Lipinski definition) is 4. The molecule has 0 N–H and O–H groups in total. The molecule has 100 valence electrons. The van der Waals surface area contributed by atoms with E-state index >= 15 is 0 Å². The summed E-state index contributed by atoms with van der Waals surface area (Å²) in [4.78, 5) is 8.75. The second kappa shape index (κ2) is 6.54. The molecule has 0 radical (unpaired) electrons. The van der Waals surface area contributed by atoms with Gasteiger partial charge in [-0.15, -0.1) is 0 Å². The van der Waals surface area contributed by atoms with Crippen molar-refractivity contribution in [3.05, 3.63) is 46.5 Å². The van der Waals surface area contributed by atoms with E-state index in [1.807, 2.05) is 6.07 Å². The van der Waals surface area contributed by atoms with Crippen LogP contribution in [0.15, 0.2) is 36.0 Å². The van der Waals surface area contributed by atoms with Crippen LogP contribution < -0.4 is 0 Å². The molecule has 1 aromatic carbocycles. The second-order valence-corrected chi connectivity index (χ2v) is 4.57. The predicted molar refractivity (Wildman–Crippen MR) is 74.6 cm³/mol. The van der Waals surface area contributed by atoms with E-state index in [4.69, 9.17) is 28.0 Å². The molecule has 0 spiro atoms. The van der Waals surface area contributed by atoms with E-state index < -0.39 is 0 Å². The molecule has 0 saturated carbocycles. The Kier molecular flexibility index (Phi) is 4.76. The highest BCUT2D eigenvalue weighted by molar-refractivity contribution is 6.42. The Morgan fingerprint density at radius 2 is 2.21 bits per heavy atom. The Labute approximate surface area is 120 Å². The summed E-state index contributed by atoms with van der Waals surface area (Å²) in [5, 5.41) is 9.06. The van der Waals surface area contributed by atoms with Gasteiger partial charge in [-0.2, -0.15) is 5.10 Å². The first-order chi connectivity index (χ1) is 9.20. The molecule has 1 aromatic heterocycles. The number of rotatable bonds is 5. The van der Waals surface area contributed by atoms with Crippen LogP contribution in [0.3, 0.4) is 0 Å². The van der Waals surface area contributed by atoms with E-state index in [2.05, 4.69) is 15.2 Å². The molecule has 0 aliphatic carbocycles. The van der Waals surface area contributed by atoms with E-state index in [1.165, 1.54) is 13.4 Å². The third kappa shape index (κ3) is 3.68. The maximum atomic E-state index is 6.00. The SMILES string of the molecule is CON=C(CCn1cncn1)c1ccc(Cl)c(Cl)c1. The topological polar surface area (TPSA) is 52.3 Å². The first-order valence-electron chi connectivity index (χ1n) is 5.58. The summed E-state index contributed by atoms with van der Waals surface area (Å²) in [6.07, 6.45) is 3.79. The fraction of sp³-hybridized carbons (Fsp3) is 0.250. The van der Waals surface area contributed by atoms with Gasteiger partial charge >= 0.3 is 0 Å². The van der Waals surface area contributed by atoms with Crippen molar-refractivity contribution in [2.45, 2.75) is 13.0 Å². The molecule has 1 heterocycles. The first kappa shape index (κ1) is 13.8. The van der Waals surface area contributed by atoms with Crippen LogP contribution >= 0.6 is 23.2 Å². The molecule has 0 saturated heterocycles. The largest absolute Gasteiger partial charge is 0.399 e. The molecular formula is C12H12Cl2N4O. The van der Waals surface area contributed by atoms with Crippen LogP contribution in [-0.4, -0.2) is 27.6 Å². The number of aryl methyl sites for hydroxylation is 1. The van der Waals surface area contributed by atoms with Gasteiger partial charge < -0.3 is 4.84 Å². The second-order valence-electron chi connectivity index (χ2n) is 3.76. The predicted octanol–water partition coefficient (Wildman–Crippen LogP) is 3.03. The van der Waals surface area contributed by atoms with E-state index in [1.54, 1.807) is 23.1 Å². The lowest BCUT2D eigenvalue weighted by molar-refractivity contribution is 0.212. The van der Waals surface area contributed by atoms with Gasteiger partial charge in [0, 0.05) is 18.5 Å². The van der Waals surface area contributed by atoms with Crippen LogP contribution in [0.4, 0.5) is 0 Å². The molecule has 19 heavy (non-hydrogen) atoms. The van der Waals surface area contributed by atoms with Crippen LogP contribution in [0.1, 0.15) is 12.0 Å². The standard InChI is InChI=1S/C12H12Cl2N4O/c1-19-17-12(4-5-18-8-15-7-16-18)9-2-3-10(13)11(14)6-9/h2-3,6-8H,4-5H2,1H3. The van der Waals surface area contributed by atoms with Gasteiger partial charge in [-0.1, -0.05) is 34.4 Å². The first-order valence-corrected chi connectivity index (χ1v) is 6.34. The Bertz CT molecular complexity index is 569. The average molecular weight is 299 g/mol. The van der Waals surface area contributed by atoms with E-state index in [0.717, 1.165) is 11.3 Å². The molecule has 0 aliphatic heterocycles. The van der Waals surface area contributed by atoms with Crippen molar-refractivity contribution >= 4 is 28.9 Å². The summed E-state index contributed by atoms with van der Waals surface area (Å²) < 4.78 is 1.72. The molecule has 0 amide bonds. The van der Waals surface area contributed by atoms with Crippen molar-refractivity contribution < 1.29 is 4.84 Å². The minimum absolute atomic E-state index is 0.490. The number of hydrogen-bond donors (Lipinski definition) is 0. The zero-order chi connectivity index (χ0) is 13.7. The van der Waals surface area contributed by atoms with Gasteiger partial charge in [0.2, 0.25) is 0 Å². The highest BCUT2D eigenvalue weighted by atomic mass is 35.5. The third-order valence-corrected chi connectivity index (χ3v) is 3.24. The molecule has 0 bridgehead atoms. The average Bonchev–Trinajstić information content (AvgIpc) is 2.91. The van der Waals surface area contributed by atoms with E-state index in [9.17, 15) is 0 Å². The van der Waals surface area contributed by atoms with Crippen LogP contribution in [0, 0.1) is 0 Å². The van der Waals surface area contributed by atoms with Crippen molar-refractivity contribution in [3.63, 3.8) is 0 Å². The molecule has 2 aromatic rings. The zero-order valence-electron chi connectivity index (χ0n) is 10.3. The third-order valence-electron chi connectivity index (χ3n) is 2.50. The molecule has 0 fully saturated rings. The van der Waals surface area contributed by atoms with Crippen molar-refractivity contribution in [2.75, 3.05) is 7.11 Å². The van der Waals surface area contributed by atoms with E-state index in [-0.39, 0.29) is 0 Å². The van der Waals surface area contributed by atoms with Gasteiger partial charge in [0.1, 0.15) is 19.8 Å². The van der Waals surface area contributed by atoms with Gasteiger partial charge in [-0.3, -0.25) is 4.68 Å². The van der Waals surface area contributed by atoms with E-state index in [0.29, 0.717) is 23.0 Å². The smallest absolute Gasteiger partial charge is 0.137 e. The number of nitrogens with zero attached hydrogens (tertiary/aromatic N) is 4. The van der Waals surface area contributed by atoms with Gasteiger partial charge in [0.05, 0.1) is 15.8 Å². The number of benzene rings is 1. The molecule has 5 nitrogen and oxygen atoms in total. The Morgan fingerprint density at radius 1 is 1.37 bits per heavy atom. The molecule has 7 heteroatoms. The summed E-state index contributed by atoms with van der Waals surface area (Å²) in [6.45, 7) is 0.655. The fourth-order valence-electron chi connectivity index (χ4n) is 1.60. The molecule has 0 aliphatic rings. The molecule has 0 atom stereocenters. The van der Waals surface area contributed by atoms with Crippen molar-refractivity contribution in [1.82, 2.24) is 14.8 Å². The lowest BCUT2D eigenvalue weighted by atomic mass is 10.1. The molecular weight excluding hydrogens is 287 g/mol. The quantitative estimate of drug-likeness (QED) is 0.630. The number of aromatic nitrogens is 3. The maximum absolute atomic E-state index is 6.00. The lowest BCUT2D eigenvalue weighted by Crippen LogP contribution is -2.08. The highest BCUT2D eigenvalue weighted by Crippen LogP contribution is 2.23. The normalized spacial score (nSPS) is 11.6. The summed E-state index contributed by atoms with van der Waals surface area (Å²) in [7, 11) is 1.51.